The van der Waals surface area contributed by atoms with Crippen molar-refractivity contribution in [2.45, 2.75) is 149 Å². The number of carboxylic acid groups (broad SMARTS) is 2. The molecule has 0 fully saturated rings. The SMILES string of the molecule is CCCCC(CC)C(=O)O.CCCCCCCCCCCCCCCCCC(=O)O. The lowest BCUT2D eigenvalue weighted by molar-refractivity contribution is -0.142. The maximum absolute atomic E-state index is 10.4. The zero-order valence-corrected chi connectivity index (χ0v) is 20.4. The predicted molar refractivity (Wildman–Crippen MR) is 128 cm³/mol. The van der Waals surface area contributed by atoms with Gasteiger partial charge in [-0.25, -0.2) is 0 Å². The van der Waals surface area contributed by atoms with Gasteiger partial charge in [0.05, 0.1) is 5.92 Å². The predicted octanol–water partition coefficient (Wildman–Crippen LogP) is 8.62. The summed E-state index contributed by atoms with van der Waals surface area (Å²) >= 11 is 0. The van der Waals surface area contributed by atoms with Gasteiger partial charge in [-0.2, -0.15) is 0 Å². The molecule has 0 aliphatic carbocycles. The van der Waals surface area contributed by atoms with E-state index in [1.54, 1.807) is 0 Å². The van der Waals surface area contributed by atoms with Crippen LogP contribution in [0.4, 0.5) is 0 Å². The lowest BCUT2D eigenvalue weighted by atomic mass is 10.00. The van der Waals surface area contributed by atoms with Crippen molar-refractivity contribution in [2.75, 3.05) is 0 Å². The van der Waals surface area contributed by atoms with Crippen molar-refractivity contribution >= 4 is 11.9 Å². The Hall–Kier alpha value is -1.06. The summed E-state index contributed by atoms with van der Waals surface area (Å²) in [5.74, 6) is -1.41. The van der Waals surface area contributed by atoms with Crippen LogP contribution in [0.5, 0.6) is 0 Å². The van der Waals surface area contributed by atoms with Crippen molar-refractivity contribution < 1.29 is 19.8 Å². The number of aliphatic carboxylic acids is 2. The van der Waals surface area contributed by atoms with Crippen molar-refractivity contribution in [3.05, 3.63) is 0 Å². The van der Waals surface area contributed by atoms with E-state index in [0.29, 0.717) is 6.42 Å². The van der Waals surface area contributed by atoms with E-state index < -0.39 is 11.9 Å². The molecule has 2 N–H and O–H groups in total. The van der Waals surface area contributed by atoms with Crippen molar-refractivity contribution in [2.24, 2.45) is 5.92 Å². The fraction of sp³-hybridized carbons (Fsp3) is 0.923. The summed E-state index contributed by atoms with van der Waals surface area (Å²) in [6.07, 6.45) is 23.9. The Morgan fingerprint density at radius 2 is 0.933 bits per heavy atom. The molecule has 0 aliphatic heterocycles. The Bertz CT molecular complexity index is 368. The van der Waals surface area contributed by atoms with Crippen LogP contribution in [0.25, 0.3) is 0 Å². The molecule has 0 spiro atoms. The van der Waals surface area contributed by atoms with E-state index >= 15 is 0 Å². The summed E-state index contributed by atoms with van der Waals surface area (Å²) in [7, 11) is 0. The topological polar surface area (TPSA) is 74.6 Å². The molecule has 0 saturated carbocycles. The third kappa shape index (κ3) is 26.9. The third-order valence-corrected chi connectivity index (χ3v) is 5.74. The third-order valence-electron chi connectivity index (χ3n) is 5.74. The first-order valence-corrected chi connectivity index (χ1v) is 12.9. The number of unbranched alkanes of at least 4 members (excludes halogenated alkanes) is 15. The van der Waals surface area contributed by atoms with Crippen LogP contribution < -0.4 is 0 Å². The Balaban J connectivity index is 0. The van der Waals surface area contributed by atoms with Gasteiger partial charge in [-0.15, -0.1) is 0 Å². The Labute approximate surface area is 187 Å². The molecule has 30 heavy (non-hydrogen) atoms. The molecule has 0 amide bonds. The smallest absolute Gasteiger partial charge is 0.306 e. The lowest BCUT2D eigenvalue weighted by Gasteiger charge is -2.06. The summed E-state index contributed by atoms with van der Waals surface area (Å²) in [4.78, 5) is 20.8. The number of hydrogen-bond acceptors (Lipinski definition) is 2. The summed E-state index contributed by atoms with van der Waals surface area (Å²) in [6.45, 7) is 6.27. The Morgan fingerprint density at radius 1 is 0.567 bits per heavy atom. The first-order valence-electron chi connectivity index (χ1n) is 12.9. The van der Waals surface area contributed by atoms with E-state index in [4.69, 9.17) is 10.2 Å². The maximum Gasteiger partial charge on any atom is 0.306 e. The molecule has 0 bridgehead atoms. The molecule has 0 heterocycles. The highest BCUT2D eigenvalue weighted by atomic mass is 16.4. The molecule has 0 aromatic carbocycles. The van der Waals surface area contributed by atoms with Gasteiger partial charge >= 0.3 is 11.9 Å². The first-order chi connectivity index (χ1) is 14.5. The minimum Gasteiger partial charge on any atom is -0.481 e. The zero-order chi connectivity index (χ0) is 22.9. The van der Waals surface area contributed by atoms with Gasteiger partial charge in [0.25, 0.3) is 0 Å². The summed E-state index contributed by atoms with van der Waals surface area (Å²) in [5, 5.41) is 17.1. The Morgan fingerprint density at radius 3 is 1.23 bits per heavy atom. The van der Waals surface area contributed by atoms with Crippen LogP contribution in [-0.4, -0.2) is 22.2 Å². The van der Waals surface area contributed by atoms with Crippen LogP contribution in [0.1, 0.15) is 149 Å². The van der Waals surface area contributed by atoms with Crippen LogP contribution in [0, 0.1) is 5.92 Å². The second-order valence-corrected chi connectivity index (χ2v) is 8.68. The van der Waals surface area contributed by atoms with E-state index in [9.17, 15) is 9.59 Å². The second-order valence-electron chi connectivity index (χ2n) is 8.68. The van der Waals surface area contributed by atoms with Crippen molar-refractivity contribution in [3.8, 4) is 0 Å². The van der Waals surface area contributed by atoms with E-state index in [-0.39, 0.29) is 5.92 Å². The average Bonchev–Trinajstić information content (AvgIpc) is 2.71. The molecule has 1 atom stereocenters. The molecule has 0 aromatic rings. The van der Waals surface area contributed by atoms with Gasteiger partial charge in [0.2, 0.25) is 0 Å². The maximum atomic E-state index is 10.4. The molecule has 0 saturated heterocycles. The van der Waals surface area contributed by atoms with Crippen LogP contribution in [0.15, 0.2) is 0 Å². The lowest BCUT2D eigenvalue weighted by Crippen LogP contribution is -2.11. The highest BCUT2D eigenvalue weighted by Crippen LogP contribution is 2.14. The molecule has 4 nitrogen and oxygen atoms in total. The monoisotopic (exact) mass is 428 g/mol. The van der Waals surface area contributed by atoms with Crippen LogP contribution in [-0.2, 0) is 9.59 Å². The minimum atomic E-state index is -0.653. The van der Waals surface area contributed by atoms with Crippen molar-refractivity contribution in [1.82, 2.24) is 0 Å². The number of carbonyl (C=O) groups is 2. The molecule has 180 valence electrons. The number of carboxylic acids is 2. The Kier molecular flexibility index (Phi) is 27.0. The molecular formula is C26H52O4. The largest absolute Gasteiger partial charge is 0.481 e. The van der Waals surface area contributed by atoms with Gasteiger partial charge in [0.1, 0.15) is 0 Å². The molecule has 1 unspecified atom stereocenters. The van der Waals surface area contributed by atoms with Gasteiger partial charge in [-0.3, -0.25) is 9.59 Å². The standard InChI is InChI=1S/C18H36O2.C8H16O2/c1-2-3-4-5-6-7-8-9-10-11-12-13-14-15-16-17-18(19)20;1-3-5-6-7(4-2)8(9)10/h2-17H2,1H3,(H,19,20);7H,3-6H2,1-2H3,(H,9,10). The molecule has 0 aromatic heterocycles. The molecule has 0 rings (SSSR count). The highest BCUT2D eigenvalue weighted by Gasteiger charge is 2.12. The summed E-state index contributed by atoms with van der Waals surface area (Å²) in [6, 6.07) is 0. The van der Waals surface area contributed by atoms with Gasteiger partial charge in [0, 0.05) is 6.42 Å². The fourth-order valence-corrected chi connectivity index (χ4v) is 3.60. The summed E-state index contributed by atoms with van der Waals surface area (Å²) in [5.41, 5.74) is 0. The molecule has 4 heteroatoms. The van der Waals surface area contributed by atoms with Crippen molar-refractivity contribution in [3.63, 3.8) is 0 Å². The van der Waals surface area contributed by atoms with E-state index in [0.717, 1.165) is 38.5 Å². The zero-order valence-electron chi connectivity index (χ0n) is 20.4. The van der Waals surface area contributed by atoms with Crippen LogP contribution >= 0.6 is 0 Å². The van der Waals surface area contributed by atoms with Gasteiger partial charge in [-0.1, -0.05) is 124 Å². The number of hydrogen-bond donors (Lipinski definition) is 2. The van der Waals surface area contributed by atoms with Crippen LogP contribution in [0.3, 0.4) is 0 Å². The first kappa shape index (κ1) is 31.1. The van der Waals surface area contributed by atoms with E-state index in [2.05, 4.69) is 13.8 Å². The normalized spacial score (nSPS) is 11.6. The van der Waals surface area contributed by atoms with Gasteiger partial charge in [-0.05, 0) is 19.3 Å². The second kappa shape index (κ2) is 26.0. The van der Waals surface area contributed by atoms with Crippen molar-refractivity contribution in [1.29, 1.82) is 0 Å². The van der Waals surface area contributed by atoms with Crippen LogP contribution in [0.2, 0.25) is 0 Å². The molecule has 0 radical (unpaired) electrons. The number of rotatable bonds is 21. The van der Waals surface area contributed by atoms with Gasteiger partial charge < -0.3 is 10.2 Å². The quantitative estimate of drug-likeness (QED) is 0.179. The fourth-order valence-electron chi connectivity index (χ4n) is 3.60. The molecular weight excluding hydrogens is 376 g/mol. The minimum absolute atomic E-state index is 0.111. The van der Waals surface area contributed by atoms with Gasteiger partial charge in [0.15, 0.2) is 0 Å². The van der Waals surface area contributed by atoms with E-state index in [1.807, 2.05) is 6.92 Å². The highest BCUT2D eigenvalue weighted by molar-refractivity contribution is 5.69. The average molecular weight is 429 g/mol. The summed E-state index contributed by atoms with van der Waals surface area (Å²) < 4.78 is 0. The molecule has 0 aliphatic rings. The van der Waals surface area contributed by atoms with E-state index in [1.165, 1.54) is 83.5 Å².